The minimum atomic E-state index is -1.03. The van der Waals surface area contributed by atoms with Crippen molar-refractivity contribution in [2.45, 2.75) is 19.4 Å². The second-order valence-corrected chi connectivity index (χ2v) is 3.66. The van der Waals surface area contributed by atoms with Gasteiger partial charge in [-0.1, -0.05) is 6.92 Å². The van der Waals surface area contributed by atoms with E-state index in [1.165, 1.54) is 24.2 Å². The molecule has 3 N–H and O–H groups in total. The van der Waals surface area contributed by atoms with Crippen LogP contribution in [0, 0.1) is 0 Å². The van der Waals surface area contributed by atoms with E-state index in [9.17, 15) is 9.59 Å². The third-order valence-electron chi connectivity index (χ3n) is 2.47. The van der Waals surface area contributed by atoms with Gasteiger partial charge in [-0.05, 0) is 18.6 Å². The molecule has 0 radical (unpaired) electrons. The molecule has 1 unspecified atom stereocenters. The Labute approximate surface area is 99.1 Å². The summed E-state index contributed by atoms with van der Waals surface area (Å²) in [6.45, 7) is 1.71. The number of hydrogen-bond acceptors (Lipinski definition) is 4. The zero-order chi connectivity index (χ0) is 13.0. The second-order valence-electron chi connectivity index (χ2n) is 3.66. The van der Waals surface area contributed by atoms with Crippen molar-refractivity contribution in [1.29, 1.82) is 0 Å². The zero-order valence-electron chi connectivity index (χ0n) is 9.75. The molecule has 1 aromatic rings. The zero-order valence-corrected chi connectivity index (χ0v) is 9.75. The van der Waals surface area contributed by atoms with E-state index in [1.54, 1.807) is 13.0 Å². The Balaban J connectivity index is 2.89. The van der Waals surface area contributed by atoms with Gasteiger partial charge in [-0.15, -0.1) is 0 Å². The first-order chi connectivity index (χ1) is 7.97. The predicted octanol–water partition coefficient (Wildman–Crippen LogP) is 0.599. The van der Waals surface area contributed by atoms with E-state index in [2.05, 4.69) is 4.98 Å². The topological polar surface area (TPSA) is 96.5 Å². The van der Waals surface area contributed by atoms with Crippen molar-refractivity contribution >= 4 is 17.6 Å². The first kappa shape index (κ1) is 13.0. The minimum absolute atomic E-state index is 0.182. The summed E-state index contributed by atoms with van der Waals surface area (Å²) in [6.07, 6.45) is 1.70. The SMILES string of the molecule is CCC(C(=O)O)N(C)C(=O)c1ccc(N)cn1. The molecule has 92 valence electrons. The quantitative estimate of drug-likeness (QED) is 0.799. The lowest BCUT2D eigenvalue weighted by Gasteiger charge is -2.23. The van der Waals surface area contributed by atoms with E-state index < -0.39 is 17.9 Å². The van der Waals surface area contributed by atoms with E-state index in [-0.39, 0.29) is 5.69 Å². The van der Waals surface area contributed by atoms with Crippen LogP contribution in [0.25, 0.3) is 0 Å². The van der Waals surface area contributed by atoms with E-state index in [0.717, 1.165) is 0 Å². The summed E-state index contributed by atoms with van der Waals surface area (Å²) in [4.78, 5) is 27.9. The fourth-order valence-electron chi connectivity index (χ4n) is 1.47. The normalized spacial score (nSPS) is 11.9. The third-order valence-corrected chi connectivity index (χ3v) is 2.47. The van der Waals surface area contributed by atoms with Gasteiger partial charge in [-0.2, -0.15) is 0 Å². The van der Waals surface area contributed by atoms with Gasteiger partial charge in [-0.3, -0.25) is 4.79 Å². The van der Waals surface area contributed by atoms with Gasteiger partial charge in [-0.25, -0.2) is 9.78 Å². The number of pyridine rings is 1. The van der Waals surface area contributed by atoms with Gasteiger partial charge in [0, 0.05) is 7.05 Å². The number of anilines is 1. The van der Waals surface area contributed by atoms with Gasteiger partial charge in [0.2, 0.25) is 0 Å². The highest BCUT2D eigenvalue weighted by molar-refractivity contribution is 5.94. The first-order valence-corrected chi connectivity index (χ1v) is 5.18. The smallest absolute Gasteiger partial charge is 0.326 e. The lowest BCUT2D eigenvalue weighted by molar-refractivity contribution is -0.142. The maximum Gasteiger partial charge on any atom is 0.326 e. The average molecular weight is 237 g/mol. The summed E-state index contributed by atoms with van der Waals surface area (Å²) >= 11 is 0. The maximum atomic E-state index is 11.9. The highest BCUT2D eigenvalue weighted by atomic mass is 16.4. The van der Waals surface area contributed by atoms with Gasteiger partial charge in [0.15, 0.2) is 0 Å². The number of nitrogens with zero attached hydrogens (tertiary/aromatic N) is 2. The number of aromatic nitrogens is 1. The third kappa shape index (κ3) is 2.93. The first-order valence-electron chi connectivity index (χ1n) is 5.18. The van der Waals surface area contributed by atoms with E-state index in [4.69, 9.17) is 10.8 Å². The van der Waals surface area contributed by atoms with Crippen molar-refractivity contribution in [1.82, 2.24) is 9.88 Å². The number of amides is 1. The van der Waals surface area contributed by atoms with Crippen LogP contribution in [0.4, 0.5) is 5.69 Å². The lowest BCUT2D eigenvalue weighted by atomic mass is 10.2. The Bertz CT molecular complexity index is 416. The number of hydrogen-bond donors (Lipinski definition) is 2. The van der Waals surface area contributed by atoms with Crippen LogP contribution in [0.1, 0.15) is 23.8 Å². The van der Waals surface area contributed by atoms with Gasteiger partial charge in [0.25, 0.3) is 5.91 Å². The van der Waals surface area contributed by atoms with Gasteiger partial charge in [0.1, 0.15) is 11.7 Å². The predicted molar refractivity (Wildman–Crippen MR) is 62.5 cm³/mol. The summed E-state index contributed by atoms with van der Waals surface area (Å²) in [7, 11) is 1.45. The molecule has 0 aromatic carbocycles. The standard InChI is InChI=1S/C11H15N3O3/c1-3-9(11(16)17)14(2)10(15)8-5-4-7(12)6-13-8/h4-6,9H,3,12H2,1-2H3,(H,16,17). The number of carboxylic acid groups (broad SMARTS) is 1. The number of nitrogens with two attached hydrogens (primary N) is 1. The molecule has 0 aliphatic heterocycles. The van der Waals surface area contributed by atoms with Crippen molar-refractivity contribution in [3.05, 3.63) is 24.0 Å². The van der Waals surface area contributed by atoms with Crippen LogP contribution >= 0.6 is 0 Å². The summed E-state index contributed by atoms with van der Waals surface area (Å²) < 4.78 is 0. The summed E-state index contributed by atoms with van der Waals surface area (Å²) in [5.74, 6) is -1.46. The number of aliphatic carboxylic acids is 1. The van der Waals surface area contributed by atoms with Crippen molar-refractivity contribution < 1.29 is 14.7 Å². The lowest BCUT2D eigenvalue weighted by Crippen LogP contribution is -2.42. The molecular weight excluding hydrogens is 222 g/mol. The summed E-state index contributed by atoms with van der Waals surface area (Å²) in [6, 6.07) is 2.18. The van der Waals surface area contributed by atoms with Crippen molar-refractivity contribution in [3.8, 4) is 0 Å². The molecule has 17 heavy (non-hydrogen) atoms. The molecule has 1 amide bonds. The van der Waals surface area contributed by atoms with Crippen molar-refractivity contribution in [2.75, 3.05) is 12.8 Å². The Hall–Kier alpha value is -2.11. The highest BCUT2D eigenvalue weighted by Gasteiger charge is 2.25. The Morgan fingerprint density at radius 2 is 2.18 bits per heavy atom. The fraction of sp³-hybridized carbons (Fsp3) is 0.364. The minimum Gasteiger partial charge on any atom is -0.480 e. The molecule has 0 saturated carbocycles. The van der Waals surface area contributed by atoms with Gasteiger partial charge >= 0.3 is 5.97 Å². The monoisotopic (exact) mass is 237 g/mol. The number of carbonyl (C=O) groups is 2. The van der Waals surface area contributed by atoms with Crippen molar-refractivity contribution in [3.63, 3.8) is 0 Å². The number of likely N-dealkylation sites (N-methyl/N-ethyl adjacent to an activating group) is 1. The molecule has 0 bridgehead atoms. The molecule has 0 spiro atoms. The Morgan fingerprint density at radius 1 is 1.53 bits per heavy atom. The number of carbonyl (C=O) groups excluding carboxylic acids is 1. The van der Waals surface area contributed by atoms with Crippen molar-refractivity contribution in [2.24, 2.45) is 0 Å². The van der Waals surface area contributed by atoms with Crippen LogP contribution in [0.2, 0.25) is 0 Å². The van der Waals surface area contributed by atoms with Crippen LogP contribution in [0.15, 0.2) is 18.3 Å². The molecule has 1 atom stereocenters. The molecule has 0 saturated heterocycles. The summed E-state index contributed by atoms with van der Waals surface area (Å²) in [5.41, 5.74) is 6.09. The molecular formula is C11H15N3O3. The summed E-state index contributed by atoms with van der Waals surface area (Å²) in [5, 5.41) is 8.95. The van der Waals surface area contributed by atoms with Crippen LogP contribution < -0.4 is 5.73 Å². The average Bonchev–Trinajstić information content (AvgIpc) is 2.29. The van der Waals surface area contributed by atoms with Crippen LogP contribution in [-0.2, 0) is 4.79 Å². The van der Waals surface area contributed by atoms with Crippen LogP contribution in [0.3, 0.4) is 0 Å². The van der Waals surface area contributed by atoms with Crippen LogP contribution in [0.5, 0.6) is 0 Å². The molecule has 0 aliphatic rings. The largest absolute Gasteiger partial charge is 0.480 e. The van der Waals surface area contributed by atoms with Gasteiger partial charge in [0.05, 0.1) is 11.9 Å². The second kappa shape index (κ2) is 5.29. The Morgan fingerprint density at radius 3 is 2.59 bits per heavy atom. The van der Waals surface area contributed by atoms with E-state index in [1.807, 2.05) is 0 Å². The molecule has 0 fully saturated rings. The molecule has 6 nitrogen and oxygen atoms in total. The van der Waals surface area contributed by atoms with Gasteiger partial charge < -0.3 is 15.7 Å². The highest BCUT2D eigenvalue weighted by Crippen LogP contribution is 2.09. The number of rotatable bonds is 4. The molecule has 1 aromatic heterocycles. The van der Waals surface area contributed by atoms with E-state index in [0.29, 0.717) is 12.1 Å². The van der Waals surface area contributed by atoms with E-state index >= 15 is 0 Å². The molecule has 0 aliphatic carbocycles. The molecule has 1 rings (SSSR count). The fourth-order valence-corrected chi connectivity index (χ4v) is 1.47. The number of nitrogen functional groups attached to an aromatic ring is 1. The maximum absolute atomic E-state index is 11.9. The molecule has 6 heteroatoms. The number of carboxylic acids is 1. The molecule has 1 heterocycles. The Kier molecular flexibility index (Phi) is 4.03. The van der Waals surface area contributed by atoms with Crippen LogP contribution in [-0.4, -0.2) is 40.0 Å².